The standard InChI is InChI=1S/C10H19N3OS2/c1-3-10(14,7-11)5-4-6-15-9-12-8(2)13-16-9/h14H,3-7,11H2,1-2H3. The van der Waals surface area contributed by atoms with Gasteiger partial charge in [-0.05, 0) is 37.7 Å². The van der Waals surface area contributed by atoms with Crippen LogP contribution in [0, 0.1) is 6.92 Å². The fourth-order valence-electron chi connectivity index (χ4n) is 1.32. The van der Waals surface area contributed by atoms with Crippen molar-refractivity contribution in [3.63, 3.8) is 0 Å². The number of aromatic nitrogens is 2. The molecule has 1 atom stereocenters. The zero-order valence-electron chi connectivity index (χ0n) is 9.77. The van der Waals surface area contributed by atoms with E-state index in [9.17, 15) is 5.11 Å². The van der Waals surface area contributed by atoms with Crippen molar-refractivity contribution in [2.75, 3.05) is 12.3 Å². The molecule has 1 rings (SSSR count). The molecule has 4 nitrogen and oxygen atoms in total. The van der Waals surface area contributed by atoms with Crippen LogP contribution in [-0.2, 0) is 0 Å². The minimum absolute atomic E-state index is 0.339. The molecule has 0 aliphatic heterocycles. The molecule has 0 aromatic carbocycles. The van der Waals surface area contributed by atoms with Crippen LogP contribution >= 0.6 is 23.3 Å². The summed E-state index contributed by atoms with van der Waals surface area (Å²) >= 11 is 3.13. The van der Waals surface area contributed by atoms with Crippen molar-refractivity contribution < 1.29 is 5.11 Å². The van der Waals surface area contributed by atoms with Crippen LogP contribution in [0.3, 0.4) is 0 Å². The van der Waals surface area contributed by atoms with E-state index in [4.69, 9.17) is 5.73 Å². The molecule has 92 valence electrons. The summed E-state index contributed by atoms with van der Waals surface area (Å²) in [6.45, 7) is 4.20. The number of thioether (sulfide) groups is 1. The third kappa shape index (κ3) is 4.37. The third-order valence-corrected chi connectivity index (χ3v) is 4.57. The van der Waals surface area contributed by atoms with Gasteiger partial charge < -0.3 is 10.8 Å². The lowest BCUT2D eigenvalue weighted by atomic mass is 9.95. The van der Waals surface area contributed by atoms with Gasteiger partial charge in [0.15, 0.2) is 4.34 Å². The number of aryl methyl sites for hydroxylation is 1. The fraction of sp³-hybridized carbons (Fsp3) is 0.800. The van der Waals surface area contributed by atoms with Gasteiger partial charge in [-0.3, -0.25) is 0 Å². The van der Waals surface area contributed by atoms with Crippen molar-refractivity contribution in [1.29, 1.82) is 0 Å². The van der Waals surface area contributed by atoms with E-state index in [0.717, 1.165) is 28.8 Å². The van der Waals surface area contributed by atoms with Gasteiger partial charge in [-0.1, -0.05) is 18.7 Å². The van der Waals surface area contributed by atoms with Crippen molar-refractivity contribution in [3.8, 4) is 0 Å². The molecule has 0 bridgehead atoms. The summed E-state index contributed by atoms with van der Waals surface area (Å²) in [5.74, 6) is 1.79. The summed E-state index contributed by atoms with van der Waals surface area (Å²) in [5, 5.41) is 9.97. The maximum Gasteiger partial charge on any atom is 0.170 e. The lowest BCUT2D eigenvalue weighted by molar-refractivity contribution is 0.0360. The number of aliphatic hydroxyl groups is 1. The molecule has 0 saturated carbocycles. The normalized spacial score (nSPS) is 15.0. The Morgan fingerprint density at radius 3 is 2.81 bits per heavy atom. The smallest absolute Gasteiger partial charge is 0.170 e. The van der Waals surface area contributed by atoms with Crippen molar-refractivity contribution >= 4 is 23.3 Å². The second-order valence-electron chi connectivity index (χ2n) is 3.84. The van der Waals surface area contributed by atoms with Crippen LogP contribution in [0.15, 0.2) is 4.34 Å². The first kappa shape index (κ1) is 13.9. The highest BCUT2D eigenvalue weighted by Crippen LogP contribution is 2.23. The second kappa shape index (κ2) is 6.54. The molecule has 16 heavy (non-hydrogen) atoms. The van der Waals surface area contributed by atoms with Gasteiger partial charge >= 0.3 is 0 Å². The van der Waals surface area contributed by atoms with E-state index in [1.165, 1.54) is 11.5 Å². The number of nitrogens with two attached hydrogens (primary N) is 1. The summed E-state index contributed by atoms with van der Waals surface area (Å²) < 4.78 is 5.12. The van der Waals surface area contributed by atoms with Crippen LogP contribution in [0.1, 0.15) is 32.0 Å². The molecule has 1 aromatic rings. The molecule has 0 amide bonds. The van der Waals surface area contributed by atoms with Crippen molar-refractivity contribution in [2.45, 2.75) is 43.1 Å². The number of hydrogen-bond acceptors (Lipinski definition) is 6. The highest BCUT2D eigenvalue weighted by atomic mass is 32.2. The van der Waals surface area contributed by atoms with Gasteiger partial charge in [-0.2, -0.15) is 4.37 Å². The van der Waals surface area contributed by atoms with Crippen molar-refractivity contribution in [2.24, 2.45) is 5.73 Å². The Morgan fingerprint density at radius 2 is 2.31 bits per heavy atom. The summed E-state index contributed by atoms with van der Waals surface area (Å²) in [4.78, 5) is 4.27. The van der Waals surface area contributed by atoms with Gasteiger partial charge in [-0.25, -0.2) is 4.98 Å². The van der Waals surface area contributed by atoms with E-state index in [2.05, 4.69) is 9.36 Å². The Bertz CT molecular complexity index is 313. The molecule has 0 aliphatic rings. The van der Waals surface area contributed by atoms with E-state index < -0.39 is 5.60 Å². The Morgan fingerprint density at radius 1 is 1.56 bits per heavy atom. The summed E-state index contributed by atoms with van der Waals surface area (Å²) in [6, 6.07) is 0. The Balaban J connectivity index is 2.21. The number of hydrogen-bond donors (Lipinski definition) is 2. The Hall–Kier alpha value is -0.170. The summed E-state index contributed by atoms with van der Waals surface area (Å²) in [6.07, 6.45) is 2.42. The first-order valence-electron chi connectivity index (χ1n) is 5.45. The molecule has 6 heteroatoms. The predicted molar refractivity (Wildman–Crippen MR) is 68.9 cm³/mol. The van der Waals surface area contributed by atoms with Crippen LogP contribution in [-0.4, -0.2) is 32.4 Å². The quantitative estimate of drug-likeness (QED) is 0.578. The highest BCUT2D eigenvalue weighted by Gasteiger charge is 2.21. The maximum atomic E-state index is 9.97. The van der Waals surface area contributed by atoms with E-state index in [-0.39, 0.29) is 0 Å². The fourth-order valence-corrected chi connectivity index (χ4v) is 2.98. The molecule has 3 N–H and O–H groups in total. The number of rotatable bonds is 7. The molecular weight excluding hydrogens is 242 g/mol. The zero-order chi connectivity index (χ0) is 12.0. The van der Waals surface area contributed by atoms with Crippen LogP contribution in [0.25, 0.3) is 0 Å². The molecule has 0 radical (unpaired) electrons. The van der Waals surface area contributed by atoms with Gasteiger partial charge in [0.2, 0.25) is 0 Å². The molecule has 1 aromatic heterocycles. The Kier molecular flexibility index (Phi) is 5.68. The van der Waals surface area contributed by atoms with Crippen LogP contribution in [0.5, 0.6) is 0 Å². The SMILES string of the molecule is CCC(O)(CN)CCCSc1nc(C)ns1. The Labute approximate surface area is 105 Å². The summed E-state index contributed by atoms with van der Waals surface area (Å²) in [7, 11) is 0. The van der Waals surface area contributed by atoms with E-state index in [0.29, 0.717) is 13.0 Å². The maximum absolute atomic E-state index is 9.97. The summed E-state index contributed by atoms with van der Waals surface area (Å²) in [5.41, 5.74) is 4.85. The molecule has 0 spiro atoms. The van der Waals surface area contributed by atoms with Crippen LogP contribution in [0.4, 0.5) is 0 Å². The van der Waals surface area contributed by atoms with E-state index >= 15 is 0 Å². The van der Waals surface area contributed by atoms with Crippen molar-refractivity contribution in [3.05, 3.63) is 5.82 Å². The minimum Gasteiger partial charge on any atom is -0.389 e. The van der Waals surface area contributed by atoms with Gasteiger partial charge in [0.1, 0.15) is 5.82 Å². The average molecular weight is 261 g/mol. The van der Waals surface area contributed by atoms with Gasteiger partial charge in [0.25, 0.3) is 0 Å². The molecule has 1 heterocycles. The lowest BCUT2D eigenvalue weighted by Crippen LogP contribution is -2.36. The van der Waals surface area contributed by atoms with Crippen LogP contribution in [0.2, 0.25) is 0 Å². The zero-order valence-corrected chi connectivity index (χ0v) is 11.4. The number of nitrogens with zero attached hydrogens (tertiary/aromatic N) is 2. The molecular formula is C10H19N3OS2. The molecule has 0 aliphatic carbocycles. The first-order chi connectivity index (χ1) is 7.59. The van der Waals surface area contributed by atoms with Gasteiger partial charge in [0.05, 0.1) is 5.60 Å². The van der Waals surface area contributed by atoms with Crippen molar-refractivity contribution in [1.82, 2.24) is 9.36 Å². The second-order valence-corrected chi connectivity index (χ2v) is 5.94. The van der Waals surface area contributed by atoms with Gasteiger partial charge in [-0.15, -0.1) is 0 Å². The highest BCUT2D eigenvalue weighted by molar-refractivity contribution is 8.00. The predicted octanol–water partition coefficient (Wildman–Crippen LogP) is 1.82. The molecule has 0 saturated heterocycles. The monoisotopic (exact) mass is 261 g/mol. The first-order valence-corrected chi connectivity index (χ1v) is 7.21. The van der Waals surface area contributed by atoms with E-state index in [1.54, 1.807) is 11.8 Å². The molecule has 0 fully saturated rings. The minimum atomic E-state index is -0.683. The molecule has 1 unspecified atom stereocenters. The lowest BCUT2D eigenvalue weighted by Gasteiger charge is -2.24. The van der Waals surface area contributed by atoms with Crippen LogP contribution < -0.4 is 5.73 Å². The third-order valence-electron chi connectivity index (χ3n) is 2.56. The van der Waals surface area contributed by atoms with Gasteiger partial charge in [0, 0.05) is 12.3 Å². The topological polar surface area (TPSA) is 72.0 Å². The average Bonchev–Trinajstić information content (AvgIpc) is 2.70. The largest absolute Gasteiger partial charge is 0.389 e. The van der Waals surface area contributed by atoms with E-state index in [1.807, 2.05) is 13.8 Å².